The Morgan fingerprint density at radius 1 is 1.13 bits per heavy atom. The predicted octanol–water partition coefficient (Wildman–Crippen LogP) is 5.13. The van der Waals surface area contributed by atoms with Gasteiger partial charge >= 0.3 is 0 Å². The Bertz CT molecular complexity index is 317. The van der Waals surface area contributed by atoms with E-state index in [1.165, 1.54) is 44.1 Å². The first-order valence-corrected chi connectivity index (χ1v) is 13.2. The first kappa shape index (κ1) is 20.9. The van der Waals surface area contributed by atoms with Crippen LogP contribution in [0.5, 0.6) is 0 Å². The number of unbranched alkanes of at least 4 members (excludes halogenated alkanes) is 5. The summed E-state index contributed by atoms with van der Waals surface area (Å²) in [5.41, 5.74) is 1.25. The van der Waals surface area contributed by atoms with Crippen LogP contribution >= 0.6 is 0 Å². The van der Waals surface area contributed by atoms with Gasteiger partial charge in [0.2, 0.25) is 0 Å². The molecule has 3 nitrogen and oxygen atoms in total. The molecule has 1 aliphatic heterocycles. The van der Waals surface area contributed by atoms with E-state index in [2.05, 4.69) is 25.7 Å². The summed E-state index contributed by atoms with van der Waals surface area (Å²) in [6.45, 7) is 9.02. The number of rotatable bonds is 12. The van der Waals surface area contributed by atoms with Crippen LogP contribution in [0.3, 0.4) is 0 Å². The van der Waals surface area contributed by atoms with Crippen molar-refractivity contribution in [3.05, 3.63) is 11.6 Å². The van der Waals surface area contributed by atoms with Crippen molar-refractivity contribution >= 4 is 8.07 Å². The lowest BCUT2D eigenvalue weighted by atomic mass is 10.1. The normalized spacial score (nSPS) is 20.0. The smallest absolute Gasteiger partial charge is 0.157 e. The van der Waals surface area contributed by atoms with Crippen molar-refractivity contribution in [3.63, 3.8) is 0 Å². The Morgan fingerprint density at radius 2 is 1.87 bits per heavy atom. The van der Waals surface area contributed by atoms with Gasteiger partial charge in [0.15, 0.2) is 6.29 Å². The maximum Gasteiger partial charge on any atom is 0.157 e. The summed E-state index contributed by atoms with van der Waals surface area (Å²) < 4.78 is 11.3. The summed E-state index contributed by atoms with van der Waals surface area (Å²) in [6, 6.07) is 1.13. The molecule has 0 saturated carbocycles. The van der Waals surface area contributed by atoms with Crippen LogP contribution in [0.15, 0.2) is 11.6 Å². The van der Waals surface area contributed by atoms with Crippen molar-refractivity contribution in [1.82, 2.24) is 0 Å². The Morgan fingerprint density at radius 3 is 2.52 bits per heavy atom. The number of aliphatic hydroxyl groups excluding tert-OH is 1. The van der Waals surface area contributed by atoms with Gasteiger partial charge in [-0.1, -0.05) is 50.6 Å². The molecule has 1 saturated heterocycles. The molecule has 1 N–H and O–H groups in total. The van der Waals surface area contributed by atoms with Gasteiger partial charge in [0.1, 0.15) is 0 Å². The molecule has 0 amide bonds. The minimum Gasteiger partial charge on any atom is -0.392 e. The van der Waals surface area contributed by atoms with Crippen molar-refractivity contribution < 1.29 is 14.6 Å². The quantitative estimate of drug-likeness (QED) is 0.304. The SMILES string of the molecule is C[Si](C)(C)C/C(=C/CCCCCCCOC1CCCCO1)CO. The second-order valence-corrected chi connectivity index (χ2v) is 13.5. The van der Waals surface area contributed by atoms with Gasteiger partial charge in [-0.2, -0.15) is 0 Å². The summed E-state index contributed by atoms with van der Waals surface area (Å²) in [5.74, 6) is 0. The van der Waals surface area contributed by atoms with Gasteiger partial charge < -0.3 is 14.6 Å². The summed E-state index contributed by atoms with van der Waals surface area (Å²) in [5, 5.41) is 9.43. The van der Waals surface area contributed by atoms with Crippen molar-refractivity contribution in [2.75, 3.05) is 19.8 Å². The molecule has 0 aromatic heterocycles. The van der Waals surface area contributed by atoms with Crippen molar-refractivity contribution in [3.8, 4) is 0 Å². The van der Waals surface area contributed by atoms with Gasteiger partial charge in [-0.15, -0.1) is 0 Å². The minimum atomic E-state index is -1.10. The molecule has 0 aliphatic carbocycles. The van der Waals surface area contributed by atoms with Crippen LogP contribution in [0.2, 0.25) is 25.7 Å². The molecule has 1 aliphatic rings. The third-order valence-electron chi connectivity index (χ3n) is 4.18. The molecule has 136 valence electrons. The highest BCUT2D eigenvalue weighted by atomic mass is 28.3. The Kier molecular flexibility index (Phi) is 11.1. The second-order valence-electron chi connectivity index (χ2n) is 7.98. The molecule has 23 heavy (non-hydrogen) atoms. The third kappa shape index (κ3) is 11.9. The van der Waals surface area contributed by atoms with Gasteiger partial charge in [-0.3, -0.25) is 0 Å². The fourth-order valence-corrected chi connectivity index (χ4v) is 4.63. The highest BCUT2D eigenvalue weighted by molar-refractivity contribution is 6.76. The van der Waals surface area contributed by atoms with E-state index in [0.717, 1.165) is 38.5 Å². The molecule has 1 rings (SSSR count). The third-order valence-corrected chi connectivity index (χ3v) is 5.70. The molecule has 1 unspecified atom stereocenters. The Hall–Kier alpha value is -0.163. The van der Waals surface area contributed by atoms with E-state index in [0.29, 0.717) is 0 Å². The largest absolute Gasteiger partial charge is 0.392 e. The molecule has 0 bridgehead atoms. The van der Waals surface area contributed by atoms with Crippen LogP contribution in [0.1, 0.15) is 57.8 Å². The van der Waals surface area contributed by atoms with Crippen LogP contribution in [0.4, 0.5) is 0 Å². The van der Waals surface area contributed by atoms with E-state index in [9.17, 15) is 5.11 Å². The maximum absolute atomic E-state index is 9.43. The van der Waals surface area contributed by atoms with Crippen LogP contribution in [-0.4, -0.2) is 39.3 Å². The van der Waals surface area contributed by atoms with E-state index >= 15 is 0 Å². The molecular formula is C19H38O3Si. The summed E-state index contributed by atoms with van der Waals surface area (Å²) in [4.78, 5) is 0. The minimum absolute atomic E-state index is 0.0668. The summed E-state index contributed by atoms with van der Waals surface area (Å²) in [6.07, 6.45) is 13.2. The van der Waals surface area contributed by atoms with E-state index in [1.807, 2.05) is 0 Å². The fourth-order valence-electron chi connectivity index (χ4n) is 3.01. The molecule has 1 heterocycles. The average molecular weight is 343 g/mol. The van der Waals surface area contributed by atoms with E-state index in [-0.39, 0.29) is 12.9 Å². The molecular weight excluding hydrogens is 304 g/mol. The van der Waals surface area contributed by atoms with Crippen molar-refractivity contribution in [2.45, 2.75) is 89.8 Å². The first-order chi connectivity index (χ1) is 11.0. The molecule has 0 radical (unpaired) electrons. The molecule has 0 aromatic carbocycles. The Balaban J connectivity index is 1.94. The van der Waals surface area contributed by atoms with Gasteiger partial charge in [0.05, 0.1) is 6.61 Å². The number of aliphatic hydroxyl groups is 1. The Labute approximate surface area is 144 Å². The van der Waals surface area contributed by atoms with Crippen molar-refractivity contribution in [1.29, 1.82) is 0 Å². The van der Waals surface area contributed by atoms with Crippen LogP contribution < -0.4 is 0 Å². The number of allylic oxidation sites excluding steroid dienone is 1. The average Bonchev–Trinajstić information content (AvgIpc) is 2.52. The van der Waals surface area contributed by atoms with Crippen LogP contribution in [0.25, 0.3) is 0 Å². The monoisotopic (exact) mass is 342 g/mol. The summed E-state index contributed by atoms with van der Waals surface area (Å²) in [7, 11) is -1.10. The molecule has 1 atom stereocenters. The molecule has 0 aromatic rings. The topological polar surface area (TPSA) is 38.7 Å². The van der Waals surface area contributed by atoms with Crippen LogP contribution in [0, 0.1) is 0 Å². The lowest BCUT2D eigenvalue weighted by Crippen LogP contribution is -2.22. The zero-order chi connectivity index (χ0) is 17.0. The van der Waals surface area contributed by atoms with Gasteiger partial charge in [0, 0.05) is 21.3 Å². The van der Waals surface area contributed by atoms with Gasteiger partial charge in [-0.05, 0) is 44.6 Å². The van der Waals surface area contributed by atoms with E-state index in [4.69, 9.17) is 9.47 Å². The summed E-state index contributed by atoms with van der Waals surface area (Å²) >= 11 is 0. The van der Waals surface area contributed by atoms with Crippen LogP contribution in [-0.2, 0) is 9.47 Å². The first-order valence-electron chi connectivity index (χ1n) is 9.53. The number of hydrogen-bond acceptors (Lipinski definition) is 3. The molecule has 0 spiro atoms. The molecule has 4 heteroatoms. The lowest BCUT2D eigenvalue weighted by Gasteiger charge is -2.22. The maximum atomic E-state index is 9.43. The highest BCUT2D eigenvalue weighted by Crippen LogP contribution is 2.18. The standard InChI is InChI=1S/C19H38O3Si/c1-23(2,3)17-18(16-20)12-8-6-4-5-7-10-14-21-19-13-9-11-15-22-19/h12,19-20H,4-11,13-17H2,1-3H3/b18-12+. The van der Waals surface area contributed by atoms with Crippen molar-refractivity contribution in [2.24, 2.45) is 0 Å². The predicted molar refractivity (Wildman–Crippen MR) is 101 cm³/mol. The number of hydrogen-bond donors (Lipinski definition) is 1. The zero-order valence-corrected chi connectivity index (χ0v) is 16.6. The highest BCUT2D eigenvalue weighted by Gasteiger charge is 2.15. The second kappa shape index (κ2) is 12.2. The fraction of sp³-hybridized carbons (Fsp3) is 0.895. The number of ether oxygens (including phenoxy) is 2. The van der Waals surface area contributed by atoms with E-state index < -0.39 is 8.07 Å². The van der Waals surface area contributed by atoms with Gasteiger partial charge in [-0.25, -0.2) is 0 Å². The molecule has 1 fully saturated rings. The zero-order valence-electron chi connectivity index (χ0n) is 15.6. The van der Waals surface area contributed by atoms with Gasteiger partial charge in [0.25, 0.3) is 0 Å². The lowest BCUT2D eigenvalue weighted by molar-refractivity contribution is -0.162. The van der Waals surface area contributed by atoms with E-state index in [1.54, 1.807) is 0 Å².